The van der Waals surface area contributed by atoms with E-state index < -0.39 is 0 Å². The Morgan fingerprint density at radius 1 is 0.654 bits per heavy atom. The van der Waals surface area contributed by atoms with Gasteiger partial charge >= 0.3 is 0 Å². The van der Waals surface area contributed by atoms with Crippen LogP contribution in [0.2, 0.25) is 0 Å². The number of rotatable bonds is 6. The number of benzene rings is 2. The van der Waals surface area contributed by atoms with Gasteiger partial charge in [-0.25, -0.2) is 0 Å². The van der Waals surface area contributed by atoms with Crippen LogP contribution in [0.4, 0.5) is 0 Å². The van der Waals surface area contributed by atoms with E-state index in [0.717, 1.165) is 28.0 Å². The van der Waals surface area contributed by atoms with Crippen LogP contribution in [0.3, 0.4) is 0 Å². The fourth-order valence-electron chi connectivity index (χ4n) is 3.05. The van der Waals surface area contributed by atoms with Crippen LogP contribution < -0.4 is 18.9 Å². The second kappa shape index (κ2) is 7.44. The lowest BCUT2D eigenvalue weighted by molar-refractivity contribution is 0.324. The molecule has 1 aromatic heterocycles. The van der Waals surface area contributed by atoms with Gasteiger partial charge < -0.3 is 23.5 Å². The topological polar surface area (TPSA) is 41.9 Å². The van der Waals surface area contributed by atoms with Crippen molar-refractivity contribution in [2.75, 3.05) is 28.4 Å². The molecule has 0 saturated heterocycles. The maximum absolute atomic E-state index is 5.50. The molecule has 1 heterocycles. The van der Waals surface area contributed by atoms with Crippen LogP contribution in [0.25, 0.3) is 22.3 Å². The first kappa shape index (κ1) is 17.7. The van der Waals surface area contributed by atoms with Gasteiger partial charge in [-0.2, -0.15) is 0 Å². The Balaban J connectivity index is 2.15. The molecule has 0 bridgehead atoms. The zero-order valence-electron chi connectivity index (χ0n) is 15.7. The molecule has 0 fully saturated rings. The molecule has 0 aliphatic heterocycles. The molecule has 26 heavy (non-hydrogen) atoms. The molecule has 136 valence electrons. The summed E-state index contributed by atoms with van der Waals surface area (Å²) in [5.74, 6) is 2.68. The number of hydrogen-bond donors (Lipinski definition) is 0. The minimum atomic E-state index is 0.584. The summed E-state index contributed by atoms with van der Waals surface area (Å²) >= 11 is 0. The van der Waals surface area contributed by atoms with Gasteiger partial charge in [0.05, 0.1) is 28.4 Å². The van der Waals surface area contributed by atoms with Crippen molar-refractivity contribution >= 4 is 0 Å². The van der Waals surface area contributed by atoms with Gasteiger partial charge in [-0.3, -0.25) is 0 Å². The predicted octanol–water partition coefficient (Wildman–Crippen LogP) is 4.39. The summed E-state index contributed by atoms with van der Waals surface area (Å²) in [5, 5.41) is 0. The molecule has 0 N–H and O–H groups in total. The number of aryl methyl sites for hydroxylation is 1. The number of nitrogens with zero attached hydrogens (tertiary/aromatic N) is 1. The molecule has 0 saturated carbocycles. The quantitative estimate of drug-likeness (QED) is 0.659. The van der Waals surface area contributed by atoms with Gasteiger partial charge in [-0.05, 0) is 35.4 Å². The molecule has 3 aromatic rings. The molecular formula is C21H23NO4. The zero-order chi connectivity index (χ0) is 18.7. The van der Waals surface area contributed by atoms with Crippen LogP contribution in [0.15, 0.2) is 48.8 Å². The first-order chi connectivity index (χ1) is 12.6. The highest BCUT2D eigenvalue weighted by Crippen LogP contribution is 2.43. The summed E-state index contributed by atoms with van der Waals surface area (Å²) in [4.78, 5) is 0. The highest BCUT2D eigenvalue weighted by molar-refractivity contribution is 5.85. The van der Waals surface area contributed by atoms with Crippen molar-refractivity contribution in [3.63, 3.8) is 0 Å². The molecule has 5 heteroatoms. The van der Waals surface area contributed by atoms with Crippen LogP contribution in [-0.2, 0) is 7.05 Å². The SMILES string of the molecule is COc1ccc(-c2cn(C)cc2-c2cc(OC)c(OC)c(OC)c2)cc1. The van der Waals surface area contributed by atoms with Crippen LogP contribution in [0.5, 0.6) is 23.0 Å². The molecule has 0 unspecified atom stereocenters. The third-order valence-electron chi connectivity index (χ3n) is 4.33. The van der Waals surface area contributed by atoms with Crippen molar-refractivity contribution in [2.45, 2.75) is 0 Å². The highest BCUT2D eigenvalue weighted by atomic mass is 16.5. The second-order valence-electron chi connectivity index (χ2n) is 5.89. The lowest BCUT2D eigenvalue weighted by Gasteiger charge is -2.14. The van der Waals surface area contributed by atoms with E-state index in [9.17, 15) is 0 Å². The summed E-state index contributed by atoms with van der Waals surface area (Å²) < 4.78 is 23.7. The van der Waals surface area contributed by atoms with E-state index >= 15 is 0 Å². The van der Waals surface area contributed by atoms with Crippen LogP contribution >= 0.6 is 0 Å². The minimum absolute atomic E-state index is 0.584. The van der Waals surface area contributed by atoms with E-state index in [1.165, 1.54) is 0 Å². The fourth-order valence-corrected chi connectivity index (χ4v) is 3.05. The predicted molar refractivity (Wildman–Crippen MR) is 102 cm³/mol. The van der Waals surface area contributed by atoms with Crippen molar-refractivity contribution < 1.29 is 18.9 Å². The van der Waals surface area contributed by atoms with Gasteiger partial charge in [0.15, 0.2) is 11.5 Å². The van der Waals surface area contributed by atoms with E-state index in [0.29, 0.717) is 17.2 Å². The summed E-state index contributed by atoms with van der Waals surface area (Å²) in [6, 6.07) is 11.9. The smallest absolute Gasteiger partial charge is 0.203 e. The normalized spacial score (nSPS) is 10.5. The number of ether oxygens (including phenoxy) is 4. The lowest BCUT2D eigenvalue weighted by atomic mass is 9.98. The Kier molecular flexibility index (Phi) is 5.07. The van der Waals surface area contributed by atoms with Gasteiger partial charge in [0.2, 0.25) is 5.75 Å². The molecular weight excluding hydrogens is 330 g/mol. The fraction of sp³-hybridized carbons (Fsp3) is 0.238. The Labute approximate surface area is 153 Å². The van der Waals surface area contributed by atoms with Gasteiger partial charge in [0.1, 0.15) is 5.75 Å². The van der Waals surface area contributed by atoms with Crippen molar-refractivity contribution in [1.82, 2.24) is 4.57 Å². The van der Waals surface area contributed by atoms with Gasteiger partial charge in [-0.15, -0.1) is 0 Å². The van der Waals surface area contributed by atoms with Crippen molar-refractivity contribution in [2.24, 2.45) is 7.05 Å². The lowest BCUT2D eigenvalue weighted by Crippen LogP contribution is -1.95. The summed E-state index contributed by atoms with van der Waals surface area (Å²) in [6.45, 7) is 0. The zero-order valence-corrected chi connectivity index (χ0v) is 15.7. The largest absolute Gasteiger partial charge is 0.497 e. The van der Waals surface area contributed by atoms with E-state index in [1.54, 1.807) is 28.4 Å². The molecule has 0 aliphatic carbocycles. The standard InChI is InChI=1S/C21H23NO4/c1-22-12-17(14-6-8-16(23-2)9-7-14)18(13-22)15-10-19(24-3)21(26-5)20(11-15)25-4/h6-13H,1-5H3. The Morgan fingerprint density at radius 2 is 1.19 bits per heavy atom. The minimum Gasteiger partial charge on any atom is -0.497 e. The summed E-state index contributed by atoms with van der Waals surface area (Å²) in [6.07, 6.45) is 4.18. The van der Waals surface area contributed by atoms with E-state index in [2.05, 4.69) is 24.5 Å². The van der Waals surface area contributed by atoms with E-state index in [4.69, 9.17) is 18.9 Å². The second-order valence-corrected chi connectivity index (χ2v) is 5.89. The summed E-state index contributed by atoms with van der Waals surface area (Å²) in [7, 11) is 8.52. The Morgan fingerprint density at radius 3 is 1.65 bits per heavy atom. The molecule has 2 aromatic carbocycles. The molecule has 0 radical (unpaired) electrons. The molecule has 0 atom stereocenters. The van der Waals surface area contributed by atoms with Crippen molar-refractivity contribution in [3.8, 4) is 45.3 Å². The van der Waals surface area contributed by atoms with Crippen molar-refractivity contribution in [3.05, 3.63) is 48.8 Å². The molecule has 0 amide bonds. The first-order valence-corrected chi connectivity index (χ1v) is 8.22. The average Bonchev–Trinajstić information content (AvgIpc) is 3.08. The van der Waals surface area contributed by atoms with Crippen molar-refractivity contribution in [1.29, 1.82) is 0 Å². The van der Waals surface area contributed by atoms with Gasteiger partial charge in [-0.1, -0.05) is 12.1 Å². The maximum Gasteiger partial charge on any atom is 0.203 e. The van der Waals surface area contributed by atoms with Crippen LogP contribution in [0.1, 0.15) is 0 Å². The first-order valence-electron chi connectivity index (χ1n) is 8.22. The summed E-state index contributed by atoms with van der Waals surface area (Å²) in [5.41, 5.74) is 4.29. The Bertz CT molecular complexity index is 872. The maximum atomic E-state index is 5.50. The van der Waals surface area contributed by atoms with Crippen LogP contribution in [0, 0.1) is 0 Å². The Hall–Kier alpha value is -3.08. The highest BCUT2D eigenvalue weighted by Gasteiger charge is 2.17. The molecule has 5 nitrogen and oxygen atoms in total. The number of hydrogen-bond acceptors (Lipinski definition) is 4. The van der Waals surface area contributed by atoms with Gasteiger partial charge in [0, 0.05) is 30.6 Å². The number of methoxy groups -OCH3 is 4. The third kappa shape index (κ3) is 3.20. The molecule has 0 spiro atoms. The monoisotopic (exact) mass is 353 g/mol. The average molecular weight is 353 g/mol. The van der Waals surface area contributed by atoms with Gasteiger partial charge in [0.25, 0.3) is 0 Å². The molecule has 3 rings (SSSR count). The third-order valence-corrected chi connectivity index (χ3v) is 4.33. The molecule has 0 aliphatic rings. The van der Waals surface area contributed by atoms with E-state index in [1.807, 2.05) is 35.9 Å². The van der Waals surface area contributed by atoms with Crippen LogP contribution in [-0.4, -0.2) is 33.0 Å². The van der Waals surface area contributed by atoms with E-state index in [-0.39, 0.29) is 0 Å². The number of aromatic nitrogens is 1.